The summed E-state index contributed by atoms with van der Waals surface area (Å²) in [5.74, 6) is -0.315. The van der Waals surface area contributed by atoms with Crippen molar-refractivity contribution in [1.29, 1.82) is 0 Å². The number of carbonyl (C=O) groups is 1. The average molecular weight is 353 g/mol. The van der Waals surface area contributed by atoms with Crippen LogP contribution in [0, 0.1) is 10.1 Å². The van der Waals surface area contributed by atoms with E-state index in [1.165, 1.54) is 0 Å². The fourth-order valence-corrected chi connectivity index (χ4v) is 2.07. The van der Waals surface area contributed by atoms with Gasteiger partial charge in [-0.15, -0.1) is 0 Å². The molecule has 9 heteroatoms. The minimum Gasteiger partial charge on any atom is -0.378 e. The van der Waals surface area contributed by atoms with Gasteiger partial charge >= 0.3 is 6.18 Å². The molecule has 0 heterocycles. The van der Waals surface area contributed by atoms with Crippen LogP contribution in [0.5, 0.6) is 0 Å². The minimum atomic E-state index is -4.66. The number of alkyl halides is 3. The van der Waals surface area contributed by atoms with E-state index in [4.69, 9.17) is 0 Å². The Morgan fingerprint density at radius 1 is 1.08 bits per heavy atom. The first-order valence-electron chi connectivity index (χ1n) is 7.22. The zero-order valence-corrected chi connectivity index (χ0v) is 12.8. The van der Waals surface area contributed by atoms with Gasteiger partial charge in [0.25, 0.3) is 11.6 Å². The van der Waals surface area contributed by atoms with Crippen LogP contribution in [-0.2, 0) is 6.18 Å². The van der Waals surface area contributed by atoms with E-state index >= 15 is 0 Å². The molecule has 1 amide bonds. The standard InChI is InChI=1S/C16H14F3N3O3/c17-16(18,19)12-6-7-13(14(10-12)22(24)25)20-8-9-21-15(23)11-4-2-1-3-5-11/h1-7,10,20H,8-9H2,(H,21,23). The van der Waals surface area contributed by atoms with Crippen molar-refractivity contribution in [2.75, 3.05) is 18.4 Å². The Morgan fingerprint density at radius 3 is 2.36 bits per heavy atom. The molecule has 0 saturated heterocycles. The number of carbonyl (C=O) groups excluding carboxylic acids is 1. The van der Waals surface area contributed by atoms with Gasteiger partial charge in [0.1, 0.15) is 5.69 Å². The number of nitrogens with one attached hydrogen (secondary N) is 2. The lowest BCUT2D eigenvalue weighted by atomic mass is 10.1. The molecular formula is C16H14F3N3O3. The normalized spacial score (nSPS) is 11.0. The largest absolute Gasteiger partial charge is 0.416 e. The van der Waals surface area contributed by atoms with Gasteiger partial charge in [0.05, 0.1) is 10.5 Å². The Bertz CT molecular complexity index is 764. The molecular weight excluding hydrogens is 339 g/mol. The number of amides is 1. The van der Waals surface area contributed by atoms with Crippen LogP contribution in [0.1, 0.15) is 15.9 Å². The quantitative estimate of drug-likeness (QED) is 0.473. The van der Waals surface area contributed by atoms with Crippen LogP contribution in [0.25, 0.3) is 0 Å². The van der Waals surface area contributed by atoms with Crippen molar-refractivity contribution in [3.05, 3.63) is 69.8 Å². The first-order valence-corrected chi connectivity index (χ1v) is 7.22. The van der Waals surface area contributed by atoms with Crippen molar-refractivity contribution >= 4 is 17.3 Å². The third-order valence-electron chi connectivity index (χ3n) is 3.28. The molecule has 2 aromatic carbocycles. The summed E-state index contributed by atoms with van der Waals surface area (Å²) in [5.41, 5.74) is -1.36. The van der Waals surface area contributed by atoms with Crippen LogP contribution in [0.4, 0.5) is 24.5 Å². The molecule has 25 heavy (non-hydrogen) atoms. The average Bonchev–Trinajstić information content (AvgIpc) is 2.58. The second-order valence-electron chi connectivity index (χ2n) is 5.04. The Labute approximate surface area is 140 Å². The van der Waals surface area contributed by atoms with Crippen molar-refractivity contribution in [1.82, 2.24) is 5.32 Å². The topological polar surface area (TPSA) is 84.3 Å². The summed E-state index contributed by atoms with van der Waals surface area (Å²) < 4.78 is 37.9. The molecule has 0 aliphatic rings. The highest BCUT2D eigenvalue weighted by Gasteiger charge is 2.32. The van der Waals surface area contributed by atoms with Crippen LogP contribution < -0.4 is 10.6 Å². The smallest absolute Gasteiger partial charge is 0.378 e. The van der Waals surface area contributed by atoms with E-state index in [1.54, 1.807) is 30.3 Å². The van der Waals surface area contributed by atoms with Gasteiger partial charge in [0, 0.05) is 24.7 Å². The van der Waals surface area contributed by atoms with Crippen molar-refractivity contribution < 1.29 is 22.9 Å². The van der Waals surface area contributed by atoms with Gasteiger partial charge in [-0.1, -0.05) is 18.2 Å². The van der Waals surface area contributed by atoms with Gasteiger partial charge in [-0.05, 0) is 24.3 Å². The molecule has 0 unspecified atom stereocenters. The van der Waals surface area contributed by atoms with E-state index in [0.717, 1.165) is 12.1 Å². The van der Waals surface area contributed by atoms with Gasteiger partial charge in [-0.25, -0.2) is 0 Å². The van der Waals surface area contributed by atoms with Crippen molar-refractivity contribution in [3.63, 3.8) is 0 Å². The van der Waals surface area contributed by atoms with Crippen molar-refractivity contribution in [2.24, 2.45) is 0 Å². The maximum atomic E-state index is 12.6. The SMILES string of the molecule is O=C(NCCNc1ccc(C(F)(F)F)cc1[N+](=O)[O-])c1ccccc1. The van der Waals surface area contributed by atoms with Crippen LogP contribution in [-0.4, -0.2) is 23.9 Å². The van der Waals surface area contributed by atoms with Gasteiger partial charge < -0.3 is 10.6 Å². The molecule has 0 atom stereocenters. The molecule has 0 aliphatic heterocycles. The highest BCUT2D eigenvalue weighted by molar-refractivity contribution is 5.94. The number of nitrogens with zero attached hydrogens (tertiary/aromatic N) is 1. The molecule has 2 aromatic rings. The van der Waals surface area contributed by atoms with Crippen LogP contribution in [0.15, 0.2) is 48.5 Å². The van der Waals surface area contributed by atoms with E-state index in [1.807, 2.05) is 0 Å². The highest BCUT2D eigenvalue weighted by atomic mass is 19.4. The summed E-state index contributed by atoms with van der Waals surface area (Å²) >= 11 is 0. The molecule has 0 fully saturated rings. The lowest BCUT2D eigenvalue weighted by molar-refractivity contribution is -0.384. The predicted molar refractivity (Wildman–Crippen MR) is 85.4 cm³/mol. The molecule has 0 radical (unpaired) electrons. The maximum Gasteiger partial charge on any atom is 0.416 e. The minimum absolute atomic E-state index is 0.0491. The number of hydrogen-bond donors (Lipinski definition) is 2. The van der Waals surface area contributed by atoms with E-state index in [2.05, 4.69) is 10.6 Å². The van der Waals surface area contributed by atoms with Crippen molar-refractivity contribution in [2.45, 2.75) is 6.18 Å². The van der Waals surface area contributed by atoms with Crippen LogP contribution in [0.3, 0.4) is 0 Å². The molecule has 0 spiro atoms. The van der Waals surface area contributed by atoms with E-state index in [9.17, 15) is 28.1 Å². The fraction of sp³-hybridized carbons (Fsp3) is 0.188. The molecule has 0 saturated carbocycles. The number of rotatable bonds is 6. The van der Waals surface area contributed by atoms with Crippen LogP contribution in [0.2, 0.25) is 0 Å². The number of benzene rings is 2. The third kappa shape index (κ3) is 4.93. The molecule has 0 aromatic heterocycles. The summed E-state index contributed by atoms with van der Waals surface area (Å²) in [5, 5.41) is 16.2. The Hall–Kier alpha value is -3.10. The third-order valence-corrected chi connectivity index (χ3v) is 3.28. The number of anilines is 1. The summed E-state index contributed by atoms with van der Waals surface area (Å²) in [6.45, 7) is 0.261. The van der Waals surface area contributed by atoms with Gasteiger partial charge in [0.2, 0.25) is 0 Å². The highest BCUT2D eigenvalue weighted by Crippen LogP contribution is 2.34. The molecule has 132 valence electrons. The van der Waals surface area contributed by atoms with Gasteiger partial charge in [-0.3, -0.25) is 14.9 Å². The second-order valence-corrected chi connectivity index (χ2v) is 5.04. The molecule has 2 N–H and O–H groups in total. The predicted octanol–water partition coefficient (Wildman–Crippen LogP) is 3.46. The first kappa shape index (κ1) is 18.2. The second kappa shape index (κ2) is 7.65. The molecule has 2 rings (SSSR count). The van der Waals surface area contributed by atoms with E-state index in [-0.39, 0.29) is 24.7 Å². The molecule has 6 nitrogen and oxygen atoms in total. The fourth-order valence-electron chi connectivity index (χ4n) is 2.07. The number of hydrogen-bond acceptors (Lipinski definition) is 4. The van der Waals surface area contributed by atoms with Crippen molar-refractivity contribution in [3.8, 4) is 0 Å². The van der Waals surface area contributed by atoms with E-state index in [0.29, 0.717) is 11.6 Å². The number of nitro groups is 1. The Balaban J connectivity index is 1.96. The van der Waals surface area contributed by atoms with E-state index < -0.39 is 22.4 Å². The van der Waals surface area contributed by atoms with Crippen LogP contribution >= 0.6 is 0 Å². The molecule has 0 aliphatic carbocycles. The van der Waals surface area contributed by atoms with Gasteiger partial charge in [-0.2, -0.15) is 13.2 Å². The molecule has 0 bridgehead atoms. The summed E-state index contributed by atoms with van der Waals surface area (Å²) in [4.78, 5) is 21.9. The van der Waals surface area contributed by atoms with Gasteiger partial charge in [0.15, 0.2) is 0 Å². The number of nitro benzene ring substituents is 1. The Morgan fingerprint density at radius 2 is 1.76 bits per heavy atom. The lowest BCUT2D eigenvalue weighted by Crippen LogP contribution is -2.28. The maximum absolute atomic E-state index is 12.6. The zero-order valence-electron chi connectivity index (χ0n) is 12.8. The zero-order chi connectivity index (χ0) is 18.4. The monoisotopic (exact) mass is 353 g/mol. The first-order chi connectivity index (χ1) is 11.8. The number of halogens is 3. The summed E-state index contributed by atoms with van der Waals surface area (Å²) in [6.07, 6.45) is -4.66. The summed E-state index contributed by atoms with van der Waals surface area (Å²) in [6, 6.07) is 10.7. The summed E-state index contributed by atoms with van der Waals surface area (Å²) in [7, 11) is 0. The lowest BCUT2D eigenvalue weighted by Gasteiger charge is -2.11. The Kier molecular flexibility index (Phi) is 5.58.